The second kappa shape index (κ2) is 6.58. The van der Waals surface area contributed by atoms with Crippen LogP contribution in [0.3, 0.4) is 0 Å². The summed E-state index contributed by atoms with van der Waals surface area (Å²) in [7, 11) is 0. The zero-order chi connectivity index (χ0) is 24.2. The molecule has 0 radical (unpaired) electrons. The summed E-state index contributed by atoms with van der Waals surface area (Å²) in [6, 6.07) is 0. The molecule has 4 heteroatoms. The highest BCUT2D eigenvalue weighted by Crippen LogP contribution is 2.75. The van der Waals surface area contributed by atoms with Crippen molar-refractivity contribution in [3.05, 3.63) is 34.9 Å². The maximum absolute atomic E-state index is 12.6. The molecule has 3 fully saturated rings. The molecule has 0 aromatic carbocycles. The SMILES string of the molecule is CC1C(=O)C(=O)C=C2C1=CC=C1[C@@]2(C)CC[C@@]2(C)[C@@H]3C[C@](C)(C(N)=O)CC[C@]3(C)CC[C@]12C. The summed E-state index contributed by atoms with van der Waals surface area (Å²) in [5, 5.41) is 0. The number of ketones is 2. The van der Waals surface area contributed by atoms with E-state index >= 15 is 0 Å². The van der Waals surface area contributed by atoms with Crippen molar-refractivity contribution in [3.63, 3.8) is 0 Å². The first-order chi connectivity index (χ1) is 15.2. The van der Waals surface area contributed by atoms with Crippen LogP contribution in [0.25, 0.3) is 0 Å². The summed E-state index contributed by atoms with van der Waals surface area (Å²) < 4.78 is 0. The van der Waals surface area contributed by atoms with Crippen LogP contribution in [-0.2, 0) is 14.4 Å². The largest absolute Gasteiger partial charge is 0.369 e. The van der Waals surface area contributed by atoms with E-state index in [1.807, 2.05) is 6.92 Å². The lowest BCUT2D eigenvalue weighted by molar-refractivity contribution is -0.167. The molecule has 33 heavy (non-hydrogen) atoms. The predicted molar refractivity (Wildman–Crippen MR) is 129 cm³/mol. The number of fused-ring (bicyclic) bond motifs is 7. The van der Waals surface area contributed by atoms with Gasteiger partial charge in [-0.25, -0.2) is 0 Å². The lowest BCUT2D eigenvalue weighted by Gasteiger charge is -2.70. The Bertz CT molecular complexity index is 1080. The normalized spacial score (nSPS) is 49.0. The summed E-state index contributed by atoms with van der Waals surface area (Å²) in [5.41, 5.74) is 9.03. The van der Waals surface area contributed by atoms with Gasteiger partial charge in [0.05, 0.1) is 0 Å². The topological polar surface area (TPSA) is 77.2 Å². The molecule has 0 aromatic heterocycles. The minimum absolute atomic E-state index is 0.0311. The fraction of sp³-hybridized carbons (Fsp3) is 0.690. The van der Waals surface area contributed by atoms with Crippen molar-refractivity contribution in [2.24, 2.45) is 44.6 Å². The van der Waals surface area contributed by atoms with Crippen molar-refractivity contribution in [1.29, 1.82) is 0 Å². The minimum atomic E-state index is -0.436. The smallest absolute Gasteiger partial charge is 0.223 e. The van der Waals surface area contributed by atoms with E-state index in [-0.39, 0.29) is 45.1 Å². The van der Waals surface area contributed by atoms with Gasteiger partial charge in [-0.1, -0.05) is 59.3 Å². The number of carbonyl (C=O) groups is 3. The van der Waals surface area contributed by atoms with Crippen LogP contribution in [0.15, 0.2) is 34.9 Å². The van der Waals surface area contributed by atoms with Crippen LogP contribution in [0.1, 0.15) is 86.5 Å². The summed E-state index contributed by atoms with van der Waals surface area (Å²) in [4.78, 5) is 37.4. The molecule has 5 rings (SSSR count). The Balaban J connectivity index is 1.64. The number of rotatable bonds is 1. The van der Waals surface area contributed by atoms with Crippen molar-refractivity contribution in [2.75, 3.05) is 0 Å². The third-order valence-corrected chi connectivity index (χ3v) is 11.6. The fourth-order valence-electron chi connectivity index (χ4n) is 8.81. The molecule has 3 saturated carbocycles. The Kier molecular flexibility index (Phi) is 4.55. The summed E-state index contributed by atoms with van der Waals surface area (Å²) >= 11 is 0. The first-order valence-electron chi connectivity index (χ1n) is 12.8. The van der Waals surface area contributed by atoms with Crippen LogP contribution in [0.5, 0.6) is 0 Å². The third-order valence-electron chi connectivity index (χ3n) is 11.6. The second-order valence-corrected chi connectivity index (χ2v) is 13.1. The van der Waals surface area contributed by atoms with Crippen molar-refractivity contribution in [3.8, 4) is 0 Å². The maximum Gasteiger partial charge on any atom is 0.223 e. The average Bonchev–Trinajstić information content (AvgIpc) is 2.75. The zero-order valence-corrected chi connectivity index (χ0v) is 21.1. The Morgan fingerprint density at radius 3 is 2.27 bits per heavy atom. The van der Waals surface area contributed by atoms with Crippen LogP contribution in [-0.4, -0.2) is 17.5 Å². The van der Waals surface area contributed by atoms with Gasteiger partial charge in [-0.2, -0.15) is 0 Å². The molecule has 0 bridgehead atoms. The molecule has 178 valence electrons. The van der Waals surface area contributed by atoms with Gasteiger partial charge in [-0.05, 0) is 84.3 Å². The van der Waals surface area contributed by atoms with E-state index in [1.54, 1.807) is 6.08 Å². The number of allylic oxidation sites excluding steroid dienone is 6. The van der Waals surface area contributed by atoms with E-state index in [4.69, 9.17) is 5.73 Å². The van der Waals surface area contributed by atoms with Gasteiger partial charge < -0.3 is 5.73 Å². The molecule has 0 aromatic rings. The van der Waals surface area contributed by atoms with Crippen LogP contribution in [0, 0.1) is 38.9 Å². The van der Waals surface area contributed by atoms with Crippen molar-refractivity contribution in [2.45, 2.75) is 86.5 Å². The lowest BCUT2D eigenvalue weighted by atomic mass is 9.34. The highest BCUT2D eigenvalue weighted by molar-refractivity contribution is 6.44. The molecule has 2 N–H and O–H groups in total. The number of carbonyl (C=O) groups excluding carboxylic acids is 3. The standard InChI is InChI=1S/C29H39NO3/c1-17-18-7-8-21-27(4,19(18)15-20(31)23(17)32)12-14-29(6)22-16-26(3,24(30)33)10-9-25(22,2)11-13-28(21,29)5/h7-8,15,17,22H,9-14,16H2,1-6H3,(H2,30,33)/t17?,22-,25-,26-,27+,28-,29+/m1/s1. The highest BCUT2D eigenvalue weighted by atomic mass is 16.2. The van der Waals surface area contributed by atoms with E-state index in [2.05, 4.69) is 46.8 Å². The van der Waals surface area contributed by atoms with Crippen LogP contribution in [0.4, 0.5) is 0 Å². The summed E-state index contributed by atoms with van der Waals surface area (Å²) in [6.45, 7) is 13.6. The number of hydrogen-bond donors (Lipinski definition) is 1. The number of amides is 1. The Labute approximate surface area is 198 Å². The van der Waals surface area contributed by atoms with Gasteiger partial charge in [-0.15, -0.1) is 0 Å². The van der Waals surface area contributed by atoms with E-state index in [9.17, 15) is 14.4 Å². The average molecular weight is 450 g/mol. The summed E-state index contributed by atoms with van der Waals surface area (Å²) in [6.07, 6.45) is 13.1. The number of nitrogens with two attached hydrogens (primary N) is 1. The molecule has 0 spiro atoms. The zero-order valence-electron chi connectivity index (χ0n) is 21.1. The Morgan fingerprint density at radius 1 is 0.939 bits per heavy atom. The van der Waals surface area contributed by atoms with E-state index < -0.39 is 5.41 Å². The summed E-state index contributed by atoms with van der Waals surface area (Å²) in [5.74, 6) is -0.740. The quantitative estimate of drug-likeness (QED) is 0.539. The van der Waals surface area contributed by atoms with E-state index in [0.717, 1.165) is 56.1 Å². The highest BCUT2D eigenvalue weighted by Gasteiger charge is 2.67. The first kappa shape index (κ1) is 22.8. The van der Waals surface area contributed by atoms with E-state index in [0.29, 0.717) is 5.92 Å². The molecule has 0 aliphatic heterocycles. The molecule has 0 saturated heterocycles. The van der Waals surface area contributed by atoms with Gasteiger partial charge in [0.2, 0.25) is 17.5 Å². The van der Waals surface area contributed by atoms with Crippen LogP contribution in [0.2, 0.25) is 0 Å². The maximum atomic E-state index is 12.6. The van der Waals surface area contributed by atoms with Crippen LogP contribution >= 0.6 is 0 Å². The molecular formula is C29H39NO3. The molecule has 1 unspecified atom stereocenters. The fourth-order valence-corrected chi connectivity index (χ4v) is 8.81. The third kappa shape index (κ3) is 2.67. The Hall–Kier alpha value is -1.97. The van der Waals surface area contributed by atoms with Gasteiger partial charge in [0.1, 0.15) is 0 Å². The van der Waals surface area contributed by atoms with Gasteiger partial charge in [0, 0.05) is 16.7 Å². The Morgan fingerprint density at radius 2 is 1.61 bits per heavy atom. The first-order valence-corrected chi connectivity index (χ1v) is 12.8. The monoisotopic (exact) mass is 449 g/mol. The van der Waals surface area contributed by atoms with Gasteiger partial charge in [-0.3, -0.25) is 14.4 Å². The van der Waals surface area contributed by atoms with Gasteiger partial charge in [0.15, 0.2) is 0 Å². The van der Waals surface area contributed by atoms with Crippen molar-refractivity contribution in [1.82, 2.24) is 0 Å². The minimum Gasteiger partial charge on any atom is -0.369 e. The number of primary amides is 1. The molecule has 5 aliphatic carbocycles. The molecule has 7 atom stereocenters. The lowest BCUT2D eigenvalue weighted by Crippen LogP contribution is -2.62. The molecular weight excluding hydrogens is 410 g/mol. The predicted octanol–water partition coefficient (Wildman–Crippen LogP) is 5.47. The number of Topliss-reactive ketones (excluding diaryl/α,β-unsaturated/α-hetero) is 1. The molecule has 1 amide bonds. The van der Waals surface area contributed by atoms with Crippen molar-refractivity contribution < 1.29 is 14.4 Å². The second-order valence-electron chi connectivity index (χ2n) is 13.1. The van der Waals surface area contributed by atoms with E-state index in [1.165, 1.54) is 5.57 Å². The number of hydrogen-bond acceptors (Lipinski definition) is 3. The molecule has 0 heterocycles. The molecule has 4 nitrogen and oxygen atoms in total. The van der Waals surface area contributed by atoms with Gasteiger partial charge in [0.25, 0.3) is 0 Å². The van der Waals surface area contributed by atoms with Crippen molar-refractivity contribution >= 4 is 17.5 Å². The molecule has 5 aliphatic rings. The van der Waals surface area contributed by atoms with Gasteiger partial charge >= 0.3 is 0 Å². The van der Waals surface area contributed by atoms with Crippen LogP contribution < -0.4 is 5.73 Å².